The first-order valence-electron chi connectivity index (χ1n) is 6.52. The van der Waals surface area contributed by atoms with Crippen LogP contribution in [0.2, 0.25) is 0 Å². The Morgan fingerprint density at radius 2 is 1.62 bits per heavy atom. The molecule has 8 nitrogen and oxygen atoms in total. The van der Waals surface area contributed by atoms with Gasteiger partial charge in [-0.05, 0) is 42.5 Å². The van der Waals surface area contributed by atoms with Gasteiger partial charge in [-0.3, -0.25) is 4.72 Å². The minimum Gasteiger partial charge on any atom is -0.497 e. The molecule has 0 aliphatic carbocycles. The van der Waals surface area contributed by atoms with Crippen molar-refractivity contribution in [1.29, 1.82) is 0 Å². The molecule has 126 valence electrons. The third-order valence-electron chi connectivity index (χ3n) is 3.11. The van der Waals surface area contributed by atoms with Crippen LogP contribution in [0.5, 0.6) is 5.75 Å². The molecule has 0 heterocycles. The maximum atomic E-state index is 12.3. The lowest BCUT2D eigenvalue weighted by Gasteiger charge is -2.12. The molecule has 0 fully saturated rings. The van der Waals surface area contributed by atoms with Crippen molar-refractivity contribution in [3.63, 3.8) is 0 Å². The van der Waals surface area contributed by atoms with Crippen molar-refractivity contribution in [2.24, 2.45) is 0 Å². The maximum Gasteiger partial charge on any atom is 0.337 e. The molecule has 0 saturated heterocycles. The normalized spacial score (nSPS) is 10.9. The van der Waals surface area contributed by atoms with Crippen LogP contribution in [-0.2, 0) is 10.0 Å². The Labute approximate surface area is 137 Å². The van der Waals surface area contributed by atoms with Gasteiger partial charge < -0.3 is 14.9 Å². The number of carboxylic acid groups (broad SMARTS) is 2. The lowest BCUT2D eigenvalue weighted by Crippen LogP contribution is -2.16. The van der Waals surface area contributed by atoms with Gasteiger partial charge in [0.2, 0.25) is 0 Å². The highest BCUT2D eigenvalue weighted by atomic mass is 32.2. The molecule has 0 atom stereocenters. The van der Waals surface area contributed by atoms with E-state index in [1.165, 1.54) is 25.3 Å². The van der Waals surface area contributed by atoms with Crippen molar-refractivity contribution in [3.05, 3.63) is 53.6 Å². The van der Waals surface area contributed by atoms with Crippen LogP contribution < -0.4 is 9.46 Å². The zero-order valence-corrected chi connectivity index (χ0v) is 13.2. The number of carboxylic acids is 2. The third kappa shape index (κ3) is 3.63. The van der Waals surface area contributed by atoms with Gasteiger partial charge in [0, 0.05) is 0 Å². The second-order valence-corrected chi connectivity index (χ2v) is 6.33. The number of hydrogen-bond acceptors (Lipinski definition) is 5. The molecule has 0 aliphatic heterocycles. The number of ether oxygens (including phenoxy) is 1. The number of aromatic carboxylic acids is 2. The molecule has 0 unspecified atom stereocenters. The number of methoxy groups -OCH3 is 1. The molecule has 2 rings (SSSR count). The second-order valence-electron chi connectivity index (χ2n) is 4.65. The monoisotopic (exact) mass is 351 g/mol. The Morgan fingerprint density at radius 1 is 1.00 bits per heavy atom. The molecule has 0 aromatic heterocycles. The van der Waals surface area contributed by atoms with Gasteiger partial charge in [-0.15, -0.1) is 0 Å². The van der Waals surface area contributed by atoms with Gasteiger partial charge in [0.15, 0.2) is 0 Å². The van der Waals surface area contributed by atoms with Crippen LogP contribution in [0.25, 0.3) is 0 Å². The lowest BCUT2D eigenvalue weighted by molar-refractivity contribution is 0.0686. The smallest absolute Gasteiger partial charge is 0.337 e. The van der Waals surface area contributed by atoms with E-state index in [9.17, 15) is 23.1 Å². The summed E-state index contributed by atoms with van der Waals surface area (Å²) in [4.78, 5) is 21.9. The standard InChI is InChI=1S/C15H13NO7S/c1-23-10-4-7-13(12(8-10)15(19)20)16-24(21,22)11-5-2-9(3-6-11)14(17)18/h2-8,16H,1H3,(H,17,18)(H,19,20). The molecule has 0 spiro atoms. The molecule has 0 saturated carbocycles. The van der Waals surface area contributed by atoms with E-state index >= 15 is 0 Å². The van der Waals surface area contributed by atoms with E-state index in [4.69, 9.17) is 9.84 Å². The number of nitrogens with one attached hydrogen (secondary N) is 1. The summed E-state index contributed by atoms with van der Waals surface area (Å²) < 4.78 is 31.7. The molecule has 24 heavy (non-hydrogen) atoms. The first-order chi connectivity index (χ1) is 11.2. The Kier molecular flexibility index (Phi) is 4.74. The fourth-order valence-corrected chi connectivity index (χ4v) is 2.98. The average molecular weight is 351 g/mol. The zero-order valence-electron chi connectivity index (χ0n) is 12.4. The topological polar surface area (TPSA) is 130 Å². The highest BCUT2D eigenvalue weighted by Gasteiger charge is 2.19. The van der Waals surface area contributed by atoms with E-state index in [1.54, 1.807) is 0 Å². The summed E-state index contributed by atoms with van der Waals surface area (Å²) in [6, 6.07) is 8.40. The van der Waals surface area contributed by atoms with Gasteiger partial charge in [0.05, 0.1) is 28.8 Å². The van der Waals surface area contributed by atoms with E-state index in [-0.39, 0.29) is 27.5 Å². The highest BCUT2D eigenvalue weighted by molar-refractivity contribution is 7.92. The van der Waals surface area contributed by atoms with Gasteiger partial charge in [-0.2, -0.15) is 0 Å². The highest BCUT2D eigenvalue weighted by Crippen LogP contribution is 2.25. The van der Waals surface area contributed by atoms with Gasteiger partial charge >= 0.3 is 11.9 Å². The van der Waals surface area contributed by atoms with Crippen molar-refractivity contribution in [2.45, 2.75) is 4.90 Å². The maximum absolute atomic E-state index is 12.3. The number of anilines is 1. The van der Waals surface area contributed by atoms with E-state index in [0.29, 0.717) is 0 Å². The minimum atomic E-state index is -4.08. The van der Waals surface area contributed by atoms with Crippen LogP contribution in [0.1, 0.15) is 20.7 Å². The van der Waals surface area contributed by atoms with Gasteiger partial charge in [0.25, 0.3) is 10.0 Å². The molecule has 9 heteroatoms. The van der Waals surface area contributed by atoms with Crippen molar-refractivity contribution in [3.8, 4) is 5.75 Å². The van der Waals surface area contributed by atoms with Crippen LogP contribution in [0.4, 0.5) is 5.69 Å². The summed E-state index contributed by atoms with van der Waals surface area (Å²) in [6.45, 7) is 0. The van der Waals surface area contributed by atoms with E-state index in [1.807, 2.05) is 0 Å². The first-order valence-corrected chi connectivity index (χ1v) is 8.00. The lowest BCUT2D eigenvalue weighted by atomic mass is 10.2. The molecule has 0 aliphatic rings. The molecule has 0 radical (unpaired) electrons. The largest absolute Gasteiger partial charge is 0.497 e. The fraction of sp³-hybridized carbons (Fsp3) is 0.0667. The Hall–Kier alpha value is -3.07. The van der Waals surface area contributed by atoms with Gasteiger partial charge in [0.1, 0.15) is 5.75 Å². The zero-order chi connectivity index (χ0) is 17.9. The summed E-state index contributed by atoms with van der Waals surface area (Å²) in [6.07, 6.45) is 0. The SMILES string of the molecule is COc1ccc(NS(=O)(=O)c2ccc(C(=O)O)cc2)c(C(=O)O)c1. The Morgan fingerprint density at radius 3 is 2.12 bits per heavy atom. The number of hydrogen-bond donors (Lipinski definition) is 3. The van der Waals surface area contributed by atoms with E-state index in [2.05, 4.69) is 4.72 Å². The van der Waals surface area contributed by atoms with Crippen LogP contribution in [-0.4, -0.2) is 37.7 Å². The van der Waals surface area contributed by atoms with E-state index in [0.717, 1.165) is 24.3 Å². The third-order valence-corrected chi connectivity index (χ3v) is 4.49. The second kappa shape index (κ2) is 6.59. The summed E-state index contributed by atoms with van der Waals surface area (Å²) in [5.74, 6) is -2.25. The minimum absolute atomic E-state index is 0.0652. The first kappa shape index (κ1) is 17.3. The summed E-state index contributed by atoms with van der Waals surface area (Å²) >= 11 is 0. The van der Waals surface area contributed by atoms with E-state index < -0.39 is 22.0 Å². The summed E-state index contributed by atoms with van der Waals surface area (Å²) in [5.41, 5.74) is -0.477. The fourth-order valence-electron chi connectivity index (χ4n) is 1.90. The molecular weight excluding hydrogens is 338 g/mol. The summed E-state index contributed by atoms with van der Waals surface area (Å²) in [7, 11) is -2.72. The molecule has 3 N–H and O–H groups in total. The van der Waals surface area contributed by atoms with Gasteiger partial charge in [-0.1, -0.05) is 0 Å². The predicted molar refractivity (Wildman–Crippen MR) is 84.2 cm³/mol. The summed E-state index contributed by atoms with van der Waals surface area (Å²) in [5, 5.41) is 18.0. The molecule has 2 aromatic rings. The Balaban J connectivity index is 2.38. The quantitative estimate of drug-likeness (QED) is 0.724. The van der Waals surface area contributed by atoms with Gasteiger partial charge in [-0.25, -0.2) is 18.0 Å². The van der Waals surface area contributed by atoms with Crippen molar-refractivity contribution in [1.82, 2.24) is 0 Å². The van der Waals surface area contributed by atoms with Crippen molar-refractivity contribution < 1.29 is 33.0 Å². The van der Waals surface area contributed by atoms with Crippen LogP contribution in [0, 0.1) is 0 Å². The number of benzene rings is 2. The van der Waals surface area contributed by atoms with Crippen molar-refractivity contribution in [2.75, 3.05) is 11.8 Å². The molecule has 0 amide bonds. The van der Waals surface area contributed by atoms with Crippen molar-refractivity contribution >= 4 is 27.6 Å². The molecule has 2 aromatic carbocycles. The number of rotatable bonds is 6. The predicted octanol–water partition coefficient (Wildman–Crippen LogP) is 1.89. The Bertz CT molecular complexity index is 889. The molecule has 0 bridgehead atoms. The molecular formula is C15H13NO7S. The number of sulfonamides is 1. The van der Waals surface area contributed by atoms with Crippen LogP contribution in [0.15, 0.2) is 47.4 Å². The number of carbonyl (C=O) groups is 2. The van der Waals surface area contributed by atoms with Crippen LogP contribution in [0.3, 0.4) is 0 Å². The van der Waals surface area contributed by atoms with Crippen LogP contribution >= 0.6 is 0 Å². The average Bonchev–Trinajstić information content (AvgIpc) is 2.54.